The van der Waals surface area contributed by atoms with E-state index in [4.69, 9.17) is 16.7 Å². The largest absolute Gasteiger partial charge is 0.478 e. The summed E-state index contributed by atoms with van der Waals surface area (Å²) in [7, 11) is 0. The molecule has 14 heavy (non-hydrogen) atoms. The smallest absolute Gasteiger partial charge is 0.336 e. The summed E-state index contributed by atoms with van der Waals surface area (Å²) in [6, 6.07) is 3.04. The van der Waals surface area contributed by atoms with Crippen molar-refractivity contribution >= 4 is 30.2 Å². The predicted molar refractivity (Wildman–Crippen MR) is 61.7 cm³/mol. The maximum atomic E-state index is 10.6. The lowest BCUT2D eigenvalue weighted by Gasteiger charge is -2.02. The highest BCUT2D eigenvalue weighted by atomic mass is 35.5. The molecule has 1 N–H and O–H groups in total. The van der Waals surface area contributed by atoms with Gasteiger partial charge in [-0.2, -0.15) is 0 Å². The van der Waals surface area contributed by atoms with Crippen molar-refractivity contribution in [2.45, 2.75) is 25.7 Å². The van der Waals surface area contributed by atoms with Crippen molar-refractivity contribution in [3.05, 3.63) is 28.3 Å². The van der Waals surface area contributed by atoms with Crippen molar-refractivity contribution in [3.63, 3.8) is 0 Å². The minimum atomic E-state index is -0.970. The Morgan fingerprint density at radius 3 is 2.36 bits per heavy atom. The summed E-state index contributed by atoms with van der Waals surface area (Å²) < 4.78 is 0. The van der Waals surface area contributed by atoms with E-state index in [1.807, 2.05) is 13.8 Å². The average molecular weight is 233 g/mol. The van der Waals surface area contributed by atoms with E-state index in [1.165, 1.54) is 6.07 Å². The van der Waals surface area contributed by atoms with Crippen molar-refractivity contribution in [2.24, 2.45) is 0 Å². The molecule has 1 aromatic carbocycles. The van der Waals surface area contributed by atoms with Crippen LogP contribution in [-0.2, 0) is 0 Å². The predicted octanol–water partition coefficient (Wildman–Crippen LogP) is 3.66. The van der Waals surface area contributed by atoms with Crippen LogP contribution in [0, 0.1) is 6.92 Å². The van der Waals surface area contributed by atoms with Crippen molar-refractivity contribution in [1.82, 2.24) is 0 Å². The van der Waals surface area contributed by atoms with Gasteiger partial charge in [0, 0.05) is 4.90 Å². The maximum Gasteiger partial charge on any atom is 0.336 e. The van der Waals surface area contributed by atoms with Crippen LogP contribution in [0.3, 0.4) is 0 Å². The molecule has 1 aromatic rings. The monoisotopic (exact) mass is 232 g/mol. The molecule has 0 fully saturated rings. The van der Waals surface area contributed by atoms with Gasteiger partial charge in [-0.3, -0.25) is 0 Å². The molecular weight excluding hydrogens is 220 g/mol. The van der Waals surface area contributed by atoms with Gasteiger partial charge in [0.05, 0.1) is 10.6 Å². The van der Waals surface area contributed by atoms with E-state index in [0.29, 0.717) is 15.5 Å². The number of hydrogen-bond donors (Lipinski definition) is 2. The van der Waals surface area contributed by atoms with Gasteiger partial charge in [-0.1, -0.05) is 25.4 Å². The van der Waals surface area contributed by atoms with Gasteiger partial charge >= 0.3 is 5.97 Å². The Balaban J connectivity index is 0.000000791. The van der Waals surface area contributed by atoms with E-state index in [0.717, 1.165) is 0 Å². The van der Waals surface area contributed by atoms with Gasteiger partial charge in [-0.25, -0.2) is 4.79 Å². The molecule has 78 valence electrons. The van der Waals surface area contributed by atoms with Gasteiger partial charge in [0.1, 0.15) is 0 Å². The third kappa shape index (κ3) is 3.24. The fraction of sp³-hybridized carbons (Fsp3) is 0.300. The van der Waals surface area contributed by atoms with Crippen LogP contribution >= 0.6 is 24.2 Å². The van der Waals surface area contributed by atoms with Gasteiger partial charge in [0.15, 0.2) is 0 Å². The number of aromatic carboxylic acids is 1. The number of carboxylic acids is 1. The third-order valence-corrected chi connectivity index (χ3v) is 2.34. The number of benzene rings is 1. The average Bonchev–Trinajstić information content (AvgIpc) is 2.14. The van der Waals surface area contributed by atoms with Crippen LogP contribution < -0.4 is 0 Å². The quantitative estimate of drug-likeness (QED) is 0.725. The molecule has 0 bridgehead atoms. The van der Waals surface area contributed by atoms with E-state index < -0.39 is 5.97 Å². The van der Waals surface area contributed by atoms with E-state index in [1.54, 1.807) is 13.0 Å². The van der Waals surface area contributed by atoms with E-state index >= 15 is 0 Å². The van der Waals surface area contributed by atoms with Crippen molar-refractivity contribution in [3.8, 4) is 0 Å². The molecule has 0 atom stereocenters. The summed E-state index contributed by atoms with van der Waals surface area (Å²) in [5, 5.41) is 9.06. The summed E-state index contributed by atoms with van der Waals surface area (Å²) in [6.45, 7) is 5.71. The highest BCUT2D eigenvalue weighted by molar-refractivity contribution is 7.80. The second-order valence-corrected chi connectivity index (χ2v) is 3.31. The van der Waals surface area contributed by atoms with Crippen molar-refractivity contribution < 1.29 is 9.90 Å². The molecule has 0 aliphatic carbocycles. The summed E-state index contributed by atoms with van der Waals surface area (Å²) in [5.74, 6) is -0.970. The molecule has 0 heterocycles. The summed E-state index contributed by atoms with van der Waals surface area (Å²) >= 11 is 9.75. The van der Waals surface area contributed by atoms with Gasteiger partial charge in [0.25, 0.3) is 0 Å². The number of halogens is 1. The highest BCUT2D eigenvalue weighted by Crippen LogP contribution is 2.23. The maximum absolute atomic E-state index is 10.6. The SMILES string of the molecule is CC.Cc1cc(S)c(Cl)cc1C(=O)O. The molecule has 0 radical (unpaired) electrons. The Kier molecular flexibility index (Phi) is 5.65. The molecule has 2 nitrogen and oxygen atoms in total. The molecule has 4 heteroatoms. The molecule has 1 rings (SSSR count). The Hall–Kier alpha value is -0.670. The first kappa shape index (κ1) is 13.3. The van der Waals surface area contributed by atoms with Crippen LogP contribution in [0.2, 0.25) is 5.02 Å². The minimum Gasteiger partial charge on any atom is -0.478 e. The van der Waals surface area contributed by atoms with Crippen LogP contribution in [0.25, 0.3) is 0 Å². The molecular formula is C10H13ClO2S. The standard InChI is InChI=1S/C8H7ClO2S.C2H6/c1-4-2-7(12)6(9)3-5(4)8(10)11;1-2/h2-3,12H,1H3,(H,10,11);1-2H3. The fourth-order valence-electron chi connectivity index (χ4n) is 0.897. The number of thiol groups is 1. The second kappa shape index (κ2) is 5.94. The second-order valence-electron chi connectivity index (χ2n) is 2.42. The molecule has 0 aliphatic rings. The van der Waals surface area contributed by atoms with Gasteiger partial charge in [-0.15, -0.1) is 12.6 Å². The van der Waals surface area contributed by atoms with Crippen LogP contribution in [0.5, 0.6) is 0 Å². The minimum absolute atomic E-state index is 0.220. The molecule has 0 saturated heterocycles. The Morgan fingerprint density at radius 1 is 1.43 bits per heavy atom. The first-order chi connectivity index (χ1) is 6.52. The lowest BCUT2D eigenvalue weighted by molar-refractivity contribution is 0.0696. The Labute approximate surface area is 94.3 Å². The summed E-state index contributed by atoms with van der Waals surface area (Å²) in [5.41, 5.74) is 0.884. The number of aryl methyl sites for hydroxylation is 1. The van der Waals surface area contributed by atoms with Crippen LogP contribution in [0.1, 0.15) is 29.8 Å². The van der Waals surface area contributed by atoms with Gasteiger partial charge < -0.3 is 5.11 Å². The lowest BCUT2D eigenvalue weighted by Crippen LogP contribution is -1.99. The zero-order valence-electron chi connectivity index (χ0n) is 8.34. The summed E-state index contributed by atoms with van der Waals surface area (Å²) in [4.78, 5) is 11.2. The Morgan fingerprint density at radius 2 is 1.93 bits per heavy atom. The van der Waals surface area contributed by atoms with Crippen LogP contribution in [0.15, 0.2) is 17.0 Å². The van der Waals surface area contributed by atoms with Gasteiger partial charge in [-0.05, 0) is 24.6 Å². The number of carbonyl (C=O) groups is 1. The zero-order valence-corrected chi connectivity index (χ0v) is 9.99. The number of carboxylic acid groups (broad SMARTS) is 1. The fourth-order valence-corrected chi connectivity index (χ4v) is 1.32. The molecule has 0 unspecified atom stereocenters. The van der Waals surface area contributed by atoms with Crippen LogP contribution in [-0.4, -0.2) is 11.1 Å². The number of rotatable bonds is 1. The van der Waals surface area contributed by atoms with Gasteiger partial charge in [0.2, 0.25) is 0 Å². The molecule has 0 aliphatic heterocycles. The van der Waals surface area contributed by atoms with Crippen LogP contribution in [0.4, 0.5) is 0 Å². The highest BCUT2D eigenvalue weighted by Gasteiger charge is 2.09. The van der Waals surface area contributed by atoms with Crippen molar-refractivity contribution in [2.75, 3.05) is 0 Å². The van der Waals surface area contributed by atoms with E-state index in [-0.39, 0.29) is 5.56 Å². The molecule has 0 spiro atoms. The van der Waals surface area contributed by atoms with E-state index in [2.05, 4.69) is 12.6 Å². The molecule has 0 aromatic heterocycles. The van der Waals surface area contributed by atoms with Crippen molar-refractivity contribution in [1.29, 1.82) is 0 Å². The molecule has 0 saturated carbocycles. The Bertz CT molecular complexity index is 337. The zero-order chi connectivity index (χ0) is 11.3. The molecule has 0 amide bonds. The first-order valence-electron chi connectivity index (χ1n) is 4.25. The third-order valence-electron chi connectivity index (χ3n) is 1.52. The number of hydrogen-bond acceptors (Lipinski definition) is 2. The van der Waals surface area contributed by atoms with E-state index in [9.17, 15) is 4.79 Å². The summed E-state index contributed by atoms with van der Waals surface area (Å²) in [6.07, 6.45) is 0. The lowest BCUT2D eigenvalue weighted by atomic mass is 10.1. The normalized spacial score (nSPS) is 8.93. The topological polar surface area (TPSA) is 37.3 Å². The first-order valence-corrected chi connectivity index (χ1v) is 5.07.